The van der Waals surface area contributed by atoms with E-state index in [9.17, 15) is 18.0 Å². The van der Waals surface area contributed by atoms with Crippen LogP contribution in [0, 0.1) is 17.5 Å². The third-order valence-corrected chi connectivity index (χ3v) is 2.38. The van der Waals surface area contributed by atoms with E-state index in [1.54, 1.807) is 0 Å². The number of carbonyl (C=O) groups excluding carboxylic acids is 1. The van der Waals surface area contributed by atoms with Crippen molar-refractivity contribution in [3.63, 3.8) is 0 Å². The summed E-state index contributed by atoms with van der Waals surface area (Å²) in [6.07, 6.45) is 0. The maximum absolute atomic E-state index is 13.4. The van der Waals surface area contributed by atoms with E-state index in [0.29, 0.717) is 6.07 Å². The second-order valence-electron chi connectivity index (χ2n) is 3.74. The van der Waals surface area contributed by atoms with Gasteiger partial charge in [0.25, 0.3) is 5.91 Å². The lowest BCUT2D eigenvalue weighted by atomic mass is 10.2. The molecule has 2 aromatic carbocycles. The van der Waals surface area contributed by atoms with E-state index in [4.69, 9.17) is 5.11 Å². The van der Waals surface area contributed by atoms with Gasteiger partial charge in [0.15, 0.2) is 0 Å². The predicted molar refractivity (Wildman–Crippen MR) is 62.4 cm³/mol. The molecule has 19 heavy (non-hydrogen) atoms. The highest BCUT2D eigenvalue weighted by Crippen LogP contribution is 2.20. The van der Waals surface area contributed by atoms with E-state index in [1.165, 1.54) is 6.07 Å². The average molecular weight is 267 g/mol. The number of hydrogen-bond donors (Lipinski definition) is 2. The number of phenols is 1. The number of carbonyl (C=O) groups is 1. The van der Waals surface area contributed by atoms with Crippen LogP contribution in [0.4, 0.5) is 18.9 Å². The summed E-state index contributed by atoms with van der Waals surface area (Å²) in [6.45, 7) is 0. The third kappa shape index (κ3) is 2.85. The van der Waals surface area contributed by atoms with E-state index in [2.05, 4.69) is 5.32 Å². The number of benzene rings is 2. The van der Waals surface area contributed by atoms with Gasteiger partial charge in [-0.25, -0.2) is 13.2 Å². The van der Waals surface area contributed by atoms with Gasteiger partial charge in [0.05, 0.1) is 11.3 Å². The molecule has 0 unspecified atom stereocenters. The smallest absolute Gasteiger partial charge is 0.258 e. The lowest BCUT2D eigenvalue weighted by Gasteiger charge is -2.07. The van der Waals surface area contributed by atoms with Crippen LogP contribution < -0.4 is 5.32 Å². The van der Waals surface area contributed by atoms with E-state index < -0.39 is 28.9 Å². The van der Waals surface area contributed by atoms with Gasteiger partial charge in [-0.15, -0.1) is 0 Å². The minimum Gasteiger partial charge on any atom is -0.508 e. The van der Waals surface area contributed by atoms with Crippen LogP contribution in [0.1, 0.15) is 10.4 Å². The second kappa shape index (κ2) is 5.01. The molecule has 6 heteroatoms. The van der Waals surface area contributed by atoms with Crippen LogP contribution in [0.5, 0.6) is 5.75 Å². The molecule has 0 spiro atoms. The largest absolute Gasteiger partial charge is 0.508 e. The van der Waals surface area contributed by atoms with Crippen molar-refractivity contribution >= 4 is 11.6 Å². The molecule has 0 atom stereocenters. The van der Waals surface area contributed by atoms with Gasteiger partial charge in [0.1, 0.15) is 23.2 Å². The molecule has 3 nitrogen and oxygen atoms in total. The zero-order valence-electron chi connectivity index (χ0n) is 9.45. The Hall–Kier alpha value is -2.50. The number of anilines is 1. The van der Waals surface area contributed by atoms with Gasteiger partial charge in [-0.3, -0.25) is 4.79 Å². The Balaban J connectivity index is 2.25. The number of aromatic hydroxyl groups is 1. The molecule has 0 heterocycles. The fourth-order valence-electron chi connectivity index (χ4n) is 1.47. The molecular weight excluding hydrogens is 259 g/mol. The fraction of sp³-hybridized carbons (Fsp3) is 0. The average Bonchev–Trinajstić information content (AvgIpc) is 2.32. The van der Waals surface area contributed by atoms with Crippen LogP contribution in [0.15, 0.2) is 36.4 Å². The molecule has 2 rings (SSSR count). The number of rotatable bonds is 2. The minimum atomic E-state index is -1.04. The zero-order chi connectivity index (χ0) is 14.0. The highest BCUT2D eigenvalue weighted by Gasteiger charge is 2.14. The number of amides is 1. The first-order valence-corrected chi connectivity index (χ1v) is 5.22. The molecule has 98 valence electrons. The maximum atomic E-state index is 13.4. The monoisotopic (exact) mass is 267 g/mol. The predicted octanol–water partition coefficient (Wildman–Crippen LogP) is 3.06. The van der Waals surface area contributed by atoms with Crippen molar-refractivity contribution in [3.05, 3.63) is 59.4 Å². The Kier molecular flexibility index (Phi) is 3.41. The summed E-state index contributed by atoms with van der Waals surface area (Å²) >= 11 is 0. The Labute approximate surface area is 106 Å². The first-order chi connectivity index (χ1) is 8.97. The second-order valence-corrected chi connectivity index (χ2v) is 3.74. The van der Waals surface area contributed by atoms with Gasteiger partial charge in [-0.2, -0.15) is 0 Å². The first-order valence-electron chi connectivity index (χ1n) is 5.22. The summed E-state index contributed by atoms with van der Waals surface area (Å²) in [7, 11) is 0. The van der Waals surface area contributed by atoms with Crippen LogP contribution in [-0.4, -0.2) is 11.0 Å². The van der Waals surface area contributed by atoms with Gasteiger partial charge in [-0.1, -0.05) is 0 Å². The van der Waals surface area contributed by atoms with Crippen LogP contribution >= 0.6 is 0 Å². The van der Waals surface area contributed by atoms with Crippen LogP contribution in [0.3, 0.4) is 0 Å². The number of phenolic OH excluding ortho intramolecular Hbond substituents is 1. The summed E-state index contributed by atoms with van der Waals surface area (Å²) in [5.74, 6) is -3.94. The number of nitrogens with one attached hydrogen (secondary N) is 1. The molecule has 0 aliphatic rings. The normalized spacial score (nSPS) is 10.3. The number of halogens is 3. The quantitative estimate of drug-likeness (QED) is 0.821. The van der Waals surface area contributed by atoms with Crippen molar-refractivity contribution in [2.75, 3.05) is 5.32 Å². The fourth-order valence-corrected chi connectivity index (χ4v) is 1.47. The molecule has 2 N–H and O–H groups in total. The Morgan fingerprint density at radius 2 is 1.74 bits per heavy atom. The summed E-state index contributed by atoms with van der Waals surface area (Å²) in [5, 5.41) is 11.1. The van der Waals surface area contributed by atoms with Crippen molar-refractivity contribution in [2.45, 2.75) is 0 Å². The Morgan fingerprint density at radius 1 is 1.00 bits per heavy atom. The van der Waals surface area contributed by atoms with Crippen LogP contribution in [0.25, 0.3) is 0 Å². The van der Waals surface area contributed by atoms with Gasteiger partial charge < -0.3 is 10.4 Å². The van der Waals surface area contributed by atoms with Crippen molar-refractivity contribution in [1.29, 1.82) is 0 Å². The molecule has 0 aromatic heterocycles. The molecule has 0 fully saturated rings. The zero-order valence-corrected chi connectivity index (χ0v) is 9.45. The Bertz CT molecular complexity index is 644. The molecule has 0 saturated carbocycles. The summed E-state index contributed by atoms with van der Waals surface area (Å²) in [6, 6.07) is 5.53. The SMILES string of the molecule is O=C(Nc1ccc(O)cc1F)c1ccc(F)cc1F. The van der Waals surface area contributed by atoms with Gasteiger partial charge in [0.2, 0.25) is 0 Å². The lowest BCUT2D eigenvalue weighted by molar-refractivity contribution is 0.102. The van der Waals surface area contributed by atoms with E-state index in [0.717, 1.165) is 24.3 Å². The Morgan fingerprint density at radius 3 is 2.37 bits per heavy atom. The van der Waals surface area contributed by atoms with E-state index >= 15 is 0 Å². The first kappa shape index (κ1) is 12.9. The molecule has 0 saturated heterocycles. The molecule has 1 amide bonds. The number of hydrogen-bond acceptors (Lipinski definition) is 2. The lowest BCUT2D eigenvalue weighted by Crippen LogP contribution is -2.14. The van der Waals surface area contributed by atoms with Crippen molar-refractivity contribution in [1.82, 2.24) is 0 Å². The topological polar surface area (TPSA) is 49.3 Å². The summed E-state index contributed by atoms with van der Waals surface area (Å²) in [5.41, 5.74) is -0.625. The molecule has 2 aromatic rings. The van der Waals surface area contributed by atoms with Crippen LogP contribution in [0.2, 0.25) is 0 Å². The maximum Gasteiger partial charge on any atom is 0.258 e. The van der Waals surface area contributed by atoms with Crippen molar-refractivity contribution < 1.29 is 23.1 Å². The molecular formula is C13H8F3NO2. The molecule has 0 bridgehead atoms. The summed E-state index contributed by atoms with van der Waals surface area (Å²) in [4.78, 5) is 11.7. The summed E-state index contributed by atoms with van der Waals surface area (Å²) < 4.78 is 39.4. The van der Waals surface area contributed by atoms with Crippen LogP contribution in [-0.2, 0) is 0 Å². The molecule has 0 aliphatic heterocycles. The van der Waals surface area contributed by atoms with E-state index in [-0.39, 0.29) is 11.4 Å². The standard InChI is InChI=1S/C13H8F3NO2/c14-7-1-3-9(10(15)5-7)13(19)17-12-4-2-8(18)6-11(12)16/h1-6,18H,(H,17,19). The third-order valence-electron chi connectivity index (χ3n) is 2.38. The highest BCUT2D eigenvalue weighted by atomic mass is 19.1. The van der Waals surface area contributed by atoms with Crippen molar-refractivity contribution in [2.24, 2.45) is 0 Å². The minimum absolute atomic E-state index is 0.216. The highest BCUT2D eigenvalue weighted by molar-refractivity contribution is 6.04. The molecule has 0 radical (unpaired) electrons. The van der Waals surface area contributed by atoms with Gasteiger partial charge in [-0.05, 0) is 24.3 Å². The molecule has 0 aliphatic carbocycles. The van der Waals surface area contributed by atoms with E-state index in [1.807, 2.05) is 0 Å². The van der Waals surface area contributed by atoms with Crippen molar-refractivity contribution in [3.8, 4) is 5.75 Å². The van der Waals surface area contributed by atoms with Gasteiger partial charge in [0, 0.05) is 12.1 Å². The van der Waals surface area contributed by atoms with Gasteiger partial charge >= 0.3 is 0 Å².